The number of benzene rings is 1. The number of nitrogens with two attached hydrogens (primary N) is 1. The van der Waals surface area contributed by atoms with Crippen molar-refractivity contribution >= 4 is 11.9 Å². The Morgan fingerprint density at radius 3 is 2.25 bits per heavy atom. The molecule has 0 unspecified atom stereocenters. The third-order valence-electron chi connectivity index (χ3n) is 1.72. The highest BCUT2D eigenvalue weighted by molar-refractivity contribution is 5.81. The molecule has 0 radical (unpaired) electrons. The van der Waals surface area contributed by atoms with Gasteiger partial charge in [0, 0.05) is 5.56 Å². The van der Waals surface area contributed by atoms with Gasteiger partial charge in [0.05, 0.1) is 6.42 Å². The monoisotopic (exact) mass is 229 g/mol. The van der Waals surface area contributed by atoms with Crippen molar-refractivity contribution in [3.8, 4) is 0 Å². The summed E-state index contributed by atoms with van der Waals surface area (Å²) >= 11 is 0. The quantitative estimate of drug-likeness (QED) is 0.633. The molecule has 1 aromatic rings. The molecule has 16 heavy (non-hydrogen) atoms. The molecule has 0 heterocycles. The van der Waals surface area contributed by atoms with Crippen LogP contribution in [0, 0.1) is 11.6 Å². The van der Waals surface area contributed by atoms with Crippen LogP contribution in [0.5, 0.6) is 0 Å². The van der Waals surface area contributed by atoms with Crippen LogP contribution in [-0.2, 0) is 11.2 Å². The maximum atomic E-state index is 13.1. The Hall–Kier alpha value is -2.18. The molecule has 0 aliphatic rings. The average molecular weight is 229 g/mol. The van der Waals surface area contributed by atoms with E-state index < -0.39 is 30.0 Å². The summed E-state index contributed by atoms with van der Waals surface area (Å²) in [4.78, 5) is 21.3. The second-order valence-electron chi connectivity index (χ2n) is 2.91. The van der Waals surface area contributed by atoms with Crippen LogP contribution in [0.15, 0.2) is 18.2 Å². The first-order chi connectivity index (χ1) is 7.50. The number of nitrogens with one attached hydrogen (secondary N) is 2. The molecule has 0 aliphatic carbocycles. The fourth-order valence-corrected chi connectivity index (χ4v) is 1.04. The van der Waals surface area contributed by atoms with Crippen molar-refractivity contribution in [3.05, 3.63) is 35.4 Å². The van der Waals surface area contributed by atoms with Crippen molar-refractivity contribution in [3.63, 3.8) is 0 Å². The molecule has 0 bridgehead atoms. The van der Waals surface area contributed by atoms with Gasteiger partial charge in [0.15, 0.2) is 0 Å². The van der Waals surface area contributed by atoms with Gasteiger partial charge in [0.2, 0.25) is 5.91 Å². The standard InChI is InChI=1S/C9H9F2N3O2/c10-6-2-1-3-7(11)5(6)4-8(15)13-14-9(12)16/h1-3H,4H2,(H,13,15)(H3,12,14,16). The van der Waals surface area contributed by atoms with Crippen LogP contribution in [0.25, 0.3) is 0 Å². The van der Waals surface area contributed by atoms with E-state index >= 15 is 0 Å². The summed E-state index contributed by atoms with van der Waals surface area (Å²) in [5.41, 5.74) is 8.00. The number of hydrazine groups is 1. The van der Waals surface area contributed by atoms with Gasteiger partial charge in [-0.15, -0.1) is 0 Å². The number of rotatable bonds is 2. The largest absolute Gasteiger partial charge is 0.350 e. The normalized spacial score (nSPS) is 9.62. The summed E-state index contributed by atoms with van der Waals surface area (Å²) in [7, 11) is 0. The van der Waals surface area contributed by atoms with E-state index in [-0.39, 0.29) is 5.56 Å². The summed E-state index contributed by atoms with van der Waals surface area (Å²) < 4.78 is 26.2. The van der Waals surface area contributed by atoms with Gasteiger partial charge < -0.3 is 5.73 Å². The lowest BCUT2D eigenvalue weighted by Gasteiger charge is -2.06. The molecule has 0 aromatic heterocycles. The highest BCUT2D eigenvalue weighted by Crippen LogP contribution is 2.12. The predicted molar refractivity (Wildman–Crippen MR) is 50.9 cm³/mol. The SMILES string of the molecule is NC(=O)NNC(=O)Cc1c(F)cccc1F. The Balaban J connectivity index is 2.66. The first-order valence-corrected chi connectivity index (χ1v) is 4.28. The average Bonchev–Trinajstić information content (AvgIpc) is 2.21. The van der Waals surface area contributed by atoms with Crippen LogP contribution in [0.3, 0.4) is 0 Å². The van der Waals surface area contributed by atoms with E-state index in [9.17, 15) is 18.4 Å². The topological polar surface area (TPSA) is 84.2 Å². The van der Waals surface area contributed by atoms with Gasteiger partial charge >= 0.3 is 6.03 Å². The maximum absolute atomic E-state index is 13.1. The van der Waals surface area contributed by atoms with Crippen LogP contribution >= 0.6 is 0 Å². The third-order valence-corrected chi connectivity index (χ3v) is 1.72. The zero-order valence-corrected chi connectivity index (χ0v) is 8.09. The minimum Gasteiger partial charge on any atom is -0.350 e. The van der Waals surface area contributed by atoms with Crippen molar-refractivity contribution in [1.29, 1.82) is 0 Å². The number of amides is 3. The van der Waals surface area contributed by atoms with E-state index in [0.717, 1.165) is 12.1 Å². The Kier molecular flexibility index (Phi) is 3.76. The van der Waals surface area contributed by atoms with Gasteiger partial charge in [-0.2, -0.15) is 0 Å². The lowest BCUT2D eigenvalue weighted by atomic mass is 10.1. The van der Waals surface area contributed by atoms with Crippen molar-refractivity contribution in [1.82, 2.24) is 10.9 Å². The lowest BCUT2D eigenvalue weighted by molar-refractivity contribution is -0.121. The summed E-state index contributed by atoms with van der Waals surface area (Å²) in [6.45, 7) is 0. The minimum absolute atomic E-state index is 0.369. The van der Waals surface area contributed by atoms with E-state index in [0.29, 0.717) is 0 Å². The van der Waals surface area contributed by atoms with Gasteiger partial charge in [-0.05, 0) is 12.1 Å². The highest BCUT2D eigenvalue weighted by atomic mass is 19.1. The number of hydrogen-bond acceptors (Lipinski definition) is 2. The van der Waals surface area contributed by atoms with Crippen molar-refractivity contribution < 1.29 is 18.4 Å². The van der Waals surface area contributed by atoms with E-state index in [1.54, 1.807) is 5.43 Å². The van der Waals surface area contributed by atoms with Gasteiger partial charge in [0.25, 0.3) is 0 Å². The number of halogens is 2. The van der Waals surface area contributed by atoms with Crippen molar-refractivity contribution in [2.45, 2.75) is 6.42 Å². The molecule has 0 fully saturated rings. The molecule has 3 amide bonds. The highest BCUT2D eigenvalue weighted by Gasteiger charge is 2.12. The van der Waals surface area contributed by atoms with Crippen LogP contribution in [0.2, 0.25) is 0 Å². The Bertz CT molecular complexity index is 403. The molecule has 86 valence electrons. The first kappa shape index (κ1) is 11.9. The van der Waals surface area contributed by atoms with Gasteiger partial charge in [0.1, 0.15) is 11.6 Å². The molecule has 0 atom stereocenters. The lowest BCUT2D eigenvalue weighted by Crippen LogP contribution is -2.45. The van der Waals surface area contributed by atoms with Gasteiger partial charge in [-0.25, -0.2) is 19.0 Å². The molecule has 0 saturated heterocycles. The summed E-state index contributed by atoms with van der Waals surface area (Å²) in [6.07, 6.45) is -0.529. The molecule has 7 heteroatoms. The van der Waals surface area contributed by atoms with Crippen LogP contribution < -0.4 is 16.6 Å². The molecule has 1 rings (SSSR count). The molecular weight excluding hydrogens is 220 g/mol. The minimum atomic E-state index is -0.970. The number of primary amides is 1. The van der Waals surface area contributed by atoms with E-state index in [1.165, 1.54) is 6.07 Å². The van der Waals surface area contributed by atoms with Crippen molar-refractivity contribution in [2.24, 2.45) is 5.73 Å². The summed E-state index contributed by atoms with van der Waals surface area (Å²) in [5.74, 6) is -2.42. The number of urea groups is 1. The van der Waals surface area contributed by atoms with Crippen LogP contribution in [-0.4, -0.2) is 11.9 Å². The van der Waals surface area contributed by atoms with E-state index in [1.807, 2.05) is 5.43 Å². The molecule has 0 aliphatic heterocycles. The number of hydrogen-bond donors (Lipinski definition) is 3. The smallest absolute Gasteiger partial charge is 0.330 e. The zero-order valence-electron chi connectivity index (χ0n) is 8.09. The molecule has 0 spiro atoms. The van der Waals surface area contributed by atoms with Crippen LogP contribution in [0.4, 0.5) is 13.6 Å². The molecule has 5 nitrogen and oxygen atoms in total. The van der Waals surface area contributed by atoms with Gasteiger partial charge in [-0.1, -0.05) is 6.07 Å². The molecule has 0 saturated carbocycles. The van der Waals surface area contributed by atoms with Gasteiger partial charge in [-0.3, -0.25) is 10.2 Å². The second-order valence-corrected chi connectivity index (χ2v) is 2.91. The summed E-state index contributed by atoms with van der Waals surface area (Å²) in [5, 5.41) is 0. The van der Waals surface area contributed by atoms with Crippen LogP contribution in [0.1, 0.15) is 5.56 Å². The fraction of sp³-hybridized carbons (Fsp3) is 0.111. The maximum Gasteiger partial charge on any atom is 0.330 e. The fourth-order valence-electron chi connectivity index (χ4n) is 1.04. The van der Waals surface area contributed by atoms with E-state index in [4.69, 9.17) is 0 Å². The Morgan fingerprint density at radius 1 is 1.19 bits per heavy atom. The number of carbonyl (C=O) groups is 2. The Morgan fingerprint density at radius 2 is 1.75 bits per heavy atom. The molecule has 4 N–H and O–H groups in total. The third kappa shape index (κ3) is 3.19. The second kappa shape index (κ2) is 5.06. The predicted octanol–water partition coefficient (Wildman–Crippen LogP) is 0.207. The van der Waals surface area contributed by atoms with Crippen molar-refractivity contribution in [2.75, 3.05) is 0 Å². The number of carbonyl (C=O) groups excluding carboxylic acids is 2. The zero-order chi connectivity index (χ0) is 12.1. The summed E-state index contributed by atoms with van der Waals surface area (Å²) in [6, 6.07) is 2.29. The molecular formula is C9H9F2N3O2. The Labute approximate surface area is 89.6 Å². The molecule has 1 aromatic carbocycles. The first-order valence-electron chi connectivity index (χ1n) is 4.28. The van der Waals surface area contributed by atoms with E-state index in [2.05, 4.69) is 5.73 Å².